The summed E-state index contributed by atoms with van der Waals surface area (Å²) in [6, 6.07) is 8.97. The highest BCUT2D eigenvalue weighted by atomic mass is 32.1. The van der Waals surface area contributed by atoms with Gasteiger partial charge < -0.3 is 11.1 Å². The lowest BCUT2D eigenvalue weighted by Gasteiger charge is -2.18. The van der Waals surface area contributed by atoms with Gasteiger partial charge in [-0.05, 0) is 42.9 Å². The van der Waals surface area contributed by atoms with Crippen LogP contribution in [0.5, 0.6) is 0 Å². The number of nitrogens with one attached hydrogen (secondary N) is 1. The molecule has 1 aromatic carbocycles. The summed E-state index contributed by atoms with van der Waals surface area (Å²) < 4.78 is 0. The van der Waals surface area contributed by atoms with Gasteiger partial charge in [0.15, 0.2) is 0 Å². The normalized spacial score (nSPS) is 16.9. The molecule has 3 N–H and O–H groups in total. The molecule has 0 fully saturated rings. The molecule has 1 aliphatic carbocycles. The van der Waals surface area contributed by atoms with Crippen molar-refractivity contribution in [3.63, 3.8) is 0 Å². The van der Waals surface area contributed by atoms with Crippen LogP contribution in [0.25, 0.3) is 0 Å². The Labute approximate surface area is 133 Å². The summed E-state index contributed by atoms with van der Waals surface area (Å²) in [5.41, 5.74) is 7.64. The van der Waals surface area contributed by atoms with E-state index in [1.54, 1.807) is 12.1 Å². The second-order valence-electron chi connectivity index (χ2n) is 5.74. The number of carbonyl (C=O) groups is 2. The number of benzene rings is 1. The van der Waals surface area contributed by atoms with Gasteiger partial charge in [0, 0.05) is 10.4 Å². The average molecular weight is 314 g/mol. The molecule has 1 atom stereocenters. The van der Waals surface area contributed by atoms with E-state index >= 15 is 0 Å². The molecule has 4 nitrogen and oxygen atoms in total. The van der Waals surface area contributed by atoms with Crippen LogP contribution in [0.15, 0.2) is 30.3 Å². The van der Waals surface area contributed by atoms with Crippen LogP contribution in [0.1, 0.15) is 44.5 Å². The van der Waals surface area contributed by atoms with E-state index in [0.29, 0.717) is 22.0 Å². The zero-order chi connectivity index (χ0) is 15.7. The molecule has 0 spiro atoms. The highest BCUT2D eigenvalue weighted by Crippen LogP contribution is 2.39. The van der Waals surface area contributed by atoms with Crippen LogP contribution >= 0.6 is 11.3 Å². The topological polar surface area (TPSA) is 72.2 Å². The maximum Gasteiger partial charge on any atom is 0.256 e. The van der Waals surface area contributed by atoms with E-state index in [4.69, 9.17) is 5.73 Å². The zero-order valence-corrected chi connectivity index (χ0v) is 13.2. The van der Waals surface area contributed by atoms with E-state index in [-0.39, 0.29) is 5.91 Å². The minimum absolute atomic E-state index is 0.213. The number of fused-ring (bicyclic) bond motifs is 1. The SMILES string of the molecule is CC1CCc2c(sc(NC(=O)c3ccccc3)c2C(N)=O)C1. The lowest BCUT2D eigenvalue weighted by molar-refractivity contribution is 0.1000. The first kappa shape index (κ1) is 14.8. The predicted octanol–water partition coefficient (Wildman–Crippen LogP) is 3.22. The molecular weight excluding hydrogens is 296 g/mol. The van der Waals surface area contributed by atoms with E-state index in [1.807, 2.05) is 18.2 Å². The first-order chi connectivity index (χ1) is 10.6. The third kappa shape index (κ3) is 2.76. The van der Waals surface area contributed by atoms with Gasteiger partial charge >= 0.3 is 0 Å². The first-order valence-corrected chi connectivity index (χ1v) is 8.18. The summed E-state index contributed by atoms with van der Waals surface area (Å²) in [7, 11) is 0. The van der Waals surface area contributed by atoms with Gasteiger partial charge in [-0.25, -0.2) is 0 Å². The van der Waals surface area contributed by atoms with E-state index in [9.17, 15) is 9.59 Å². The van der Waals surface area contributed by atoms with Crippen molar-refractivity contribution in [2.75, 3.05) is 5.32 Å². The van der Waals surface area contributed by atoms with Crippen LogP contribution in [-0.2, 0) is 12.8 Å². The summed E-state index contributed by atoms with van der Waals surface area (Å²) in [5.74, 6) is -0.0743. The molecule has 0 saturated heterocycles. The second-order valence-corrected chi connectivity index (χ2v) is 6.85. The predicted molar refractivity (Wildman–Crippen MR) is 88.4 cm³/mol. The van der Waals surface area contributed by atoms with Gasteiger partial charge in [-0.15, -0.1) is 11.3 Å². The molecule has 2 amide bonds. The fraction of sp³-hybridized carbons (Fsp3) is 0.294. The summed E-state index contributed by atoms with van der Waals surface area (Å²) in [6.45, 7) is 2.20. The molecule has 5 heteroatoms. The summed E-state index contributed by atoms with van der Waals surface area (Å²) in [6.07, 6.45) is 2.85. The van der Waals surface area contributed by atoms with Gasteiger partial charge in [-0.2, -0.15) is 0 Å². The molecule has 3 rings (SSSR count). The smallest absolute Gasteiger partial charge is 0.256 e. The summed E-state index contributed by atoms with van der Waals surface area (Å²) in [4.78, 5) is 25.3. The minimum Gasteiger partial charge on any atom is -0.365 e. The van der Waals surface area contributed by atoms with Gasteiger partial charge in [0.1, 0.15) is 5.00 Å². The molecule has 2 aromatic rings. The van der Waals surface area contributed by atoms with Crippen molar-refractivity contribution in [1.82, 2.24) is 0 Å². The van der Waals surface area contributed by atoms with Crippen molar-refractivity contribution in [3.8, 4) is 0 Å². The number of thiophene rings is 1. The first-order valence-electron chi connectivity index (χ1n) is 7.37. The van der Waals surface area contributed by atoms with Crippen LogP contribution in [-0.4, -0.2) is 11.8 Å². The summed E-state index contributed by atoms with van der Waals surface area (Å²) >= 11 is 1.48. The standard InChI is InChI=1S/C17H18N2O2S/c1-10-7-8-12-13(9-10)22-17(14(12)15(18)20)19-16(21)11-5-3-2-4-6-11/h2-6,10H,7-9H2,1H3,(H2,18,20)(H,19,21). The van der Waals surface area contributed by atoms with Gasteiger partial charge in [0.05, 0.1) is 5.56 Å². The number of anilines is 1. The van der Waals surface area contributed by atoms with E-state index in [1.165, 1.54) is 16.2 Å². The monoisotopic (exact) mass is 314 g/mol. The van der Waals surface area contributed by atoms with Gasteiger partial charge in [-0.3, -0.25) is 9.59 Å². The van der Waals surface area contributed by atoms with Gasteiger partial charge in [0.2, 0.25) is 0 Å². The van der Waals surface area contributed by atoms with Crippen molar-refractivity contribution in [2.24, 2.45) is 11.7 Å². The highest BCUT2D eigenvalue weighted by molar-refractivity contribution is 7.17. The van der Waals surface area contributed by atoms with Gasteiger partial charge in [0.25, 0.3) is 11.8 Å². The number of amides is 2. The van der Waals surface area contributed by atoms with E-state index in [2.05, 4.69) is 12.2 Å². The van der Waals surface area contributed by atoms with Crippen LogP contribution in [0.2, 0.25) is 0 Å². The van der Waals surface area contributed by atoms with Crippen LogP contribution in [0, 0.1) is 5.92 Å². The number of hydrogen-bond donors (Lipinski definition) is 2. The lowest BCUT2D eigenvalue weighted by Crippen LogP contribution is -2.19. The molecule has 1 aromatic heterocycles. The Morgan fingerprint density at radius 3 is 2.68 bits per heavy atom. The van der Waals surface area contributed by atoms with E-state index < -0.39 is 5.91 Å². The number of carbonyl (C=O) groups excluding carboxylic acids is 2. The molecule has 0 saturated carbocycles. The van der Waals surface area contributed by atoms with Crippen LogP contribution in [0.4, 0.5) is 5.00 Å². The molecule has 1 aliphatic rings. The van der Waals surface area contributed by atoms with Crippen molar-refractivity contribution >= 4 is 28.2 Å². The van der Waals surface area contributed by atoms with Crippen molar-refractivity contribution < 1.29 is 9.59 Å². The van der Waals surface area contributed by atoms with E-state index in [0.717, 1.165) is 24.8 Å². The number of primary amides is 1. The number of hydrogen-bond acceptors (Lipinski definition) is 3. The number of nitrogens with two attached hydrogens (primary N) is 1. The Bertz CT molecular complexity index is 722. The molecule has 1 unspecified atom stereocenters. The number of rotatable bonds is 3. The molecule has 0 radical (unpaired) electrons. The highest BCUT2D eigenvalue weighted by Gasteiger charge is 2.27. The Hall–Kier alpha value is -2.14. The molecule has 0 bridgehead atoms. The molecule has 1 heterocycles. The van der Waals surface area contributed by atoms with Crippen LogP contribution < -0.4 is 11.1 Å². The molecule has 22 heavy (non-hydrogen) atoms. The third-order valence-corrected chi connectivity index (χ3v) is 5.19. The van der Waals surface area contributed by atoms with Crippen molar-refractivity contribution in [2.45, 2.75) is 26.2 Å². The quantitative estimate of drug-likeness (QED) is 0.913. The van der Waals surface area contributed by atoms with Crippen molar-refractivity contribution in [3.05, 3.63) is 51.9 Å². The fourth-order valence-corrected chi connectivity index (χ4v) is 4.28. The lowest BCUT2D eigenvalue weighted by atomic mass is 9.88. The molecule has 0 aliphatic heterocycles. The maximum absolute atomic E-state index is 12.3. The second kappa shape index (κ2) is 5.93. The zero-order valence-electron chi connectivity index (χ0n) is 12.4. The Morgan fingerprint density at radius 1 is 1.27 bits per heavy atom. The molecule has 114 valence electrons. The Balaban J connectivity index is 1.94. The molecular formula is C17H18N2O2S. The Kier molecular flexibility index (Phi) is 3.98. The largest absolute Gasteiger partial charge is 0.365 e. The maximum atomic E-state index is 12.3. The minimum atomic E-state index is -0.463. The van der Waals surface area contributed by atoms with Gasteiger partial charge in [-0.1, -0.05) is 25.1 Å². The Morgan fingerprint density at radius 2 is 2.00 bits per heavy atom. The van der Waals surface area contributed by atoms with Crippen LogP contribution in [0.3, 0.4) is 0 Å². The van der Waals surface area contributed by atoms with Crippen molar-refractivity contribution in [1.29, 1.82) is 0 Å². The summed E-state index contributed by atoms with van der Waals surface area (Å²) in [5, 5.41) is 3.44. The fourth-order valence-electron chi connectivity index (χ4n) is 2.86. The average Bonchev–Trinajstić information content (AvgIpc) is 2.85. The third-order valence-electron chi connectivity index (χ3n) is 4.02.